The fourth-order valence-corrected chi connectivity index (χ4v) is 5.53. The van der Waals surface area contributed by atoms with Crippen LogP contribution in [-0.2, 0) is 45.7 Å². The molecular formula is C30H34N6O3. The highest BCUT2D eigenvalue weighted by Gasteiger charge is 2.51. The summed E-state index contributed by atoms with van der Waals surface area (Å²) in [6, 6.07) is 13.5. The second-order valence-corrected chi connectivity index (χ2v) is 11.4. The number of benzene rings is 1. The molecule has 3 amide bonds. The van der Waals surface area contributed by atoms with Crippen LogP contribution >= 0.6 is 0 Å². The maximum absolute atomic E-state index is 13.3. The van der Waals surface area contributed by atoms with E-state index in [9.17, 15) is 14.4 Å². The number of rotatable bonds is 7. The largest absolute Gasteiger partial charge is 0.329 e. The lowest BCUT2D eigenvalue weighted by atomic mass is 9.79. The van der Waals surface area contributed by atoms with Gasteiger partial charge in [-0.15, -0.1) is 0 Å². The predicted molar refractivity (Wildman–Crippen MR) is 149 cm³/mol. The summed E-state index contributed by atoms with van der Waals surface area (Å²) in [7, 11) is 1.88. The summed E-state index contributed by atoms with van der Waals surface area (Å²) in [5.41, 5.74) is 3.56. The first kappa shape index (κ1) is 26.5. The second kappa shape index (κ2) is 10.2. The average Bonchev–Trinajstić information content (AvgIpc) is 3.41. The standard InChI is InChI=1S/C30H34N6O3/c1-29(2,3)28(39)36(17-20-9-6-5-8-19(20)15-31-4)18-25(37)34-24-12-21-13-30(14-22(21)16-33-24)23-10-7-11-32-26(23)35-27(30)38/h5-12,16,31H,13-15,17-18H2,1-4H3,(H,32,35,38)(H,33,34,37). The number of hydrogen-bond donors (Lipinski definition) is 3. The van der Waals surface area contributed by atoms with Gasteiger partial charge in [-0.1, -0.05) is 51.1 Å². The molecular weight excluding hydrogens is 492 g/mol. The van der Waals surface area contributed by atoms with Crippen LogP contribution in [0.5, 0.6) is 0 Å². The van der Waals surface area contributed by atoms with E-state index in [2.05, 4.69) is 25.9 Å². The third kappa shape index (κ3) is 5.14. The zero-order chi connectivity index (χ0) is 27.8. The Morgan fingerprint density at radius 2 is 1.79 bits per heavy atom. The molecule has 1 aromatic carbocycles. The van der Waals surface area contributed by atoms with E-state index in [0.717, 1.165) is 27.8 Å². The van der Waals surface area contributed by atoms with Crippen LogP contribution in [0.1, 0.15) is 48.6 Å². The lowest BCUT2D eigenvalue weighted by Gasteiger charge is -2.30. The second-order valence-electron chi connectivity index (χ2n) is 11.4. The number of aromatic nitrogens is 2. The SMILES string of the molecule is CNCc1ccccc1CN(CC(=O)Nc1cc2c(cn1)CC1(C2)C(=O)Nc2ncccc21)C(=O)C(C)(C)C. The van der Waals surface area contributed by atoms with E-state index in [1.54, 1.807) is 17.3 Å². The molecule has 39 heavy (non-hydrogen) atoms. The van der Waals surface area contributed by atoms with Crippen molar-refractivity contribution >= 4 is 29.4 Å². The van der Waals surface area contributed by atoms with E-state index in [4.69, 9.17) is 0 Å². The lowest BCUT2D eigenvalue weighted by molar-refractivity contribution is -0.142. The van der Waals surface area contributed by atoms with E-state index in [1.165, 1.54) is 0 Å². The van der Waals surface area contributed by atoms with Crippen molar-refractivity contribution in [2.45, 2.75) is 52.1 Å². The molecule has 3 N–H and O–H groups in total. The summed E-state index contributed by atoms with van der Waals surface area (Å²) in [6.45, 7) is 6.44. The van der Waals surface area contributed by atoms with Gasteiger partial charge in [0.05, 0.1) is 5.41 Å². The molecule has 3 aromatic rings. The minimum Gasteiger partial charge on any atom is -0.329 e. The normalized spacial score (nSPS) is 17.5. The Morgan fingerprint density at radius 3 is 2.54 bits per heavy atom. The van der Waals surface area contributed by atoms with E-state index < -0.39 is 10.8 Å². The minimum atomic E-state index is -0.701. The zero-order valence-corrected chi connectivity index (χ0v) is 22.8. The molecule has 2 aromatic heterocycles. The molecule has 9 nitrogen and oxygen atoms in total. The Hall–Kier alpha value is -4.11. The van der Waals surface area contributed by atoms with Crippen LogP contribution in [0.15, 0.2) is 54.9 Å². The number of amides is 3. The molecule has 202 valence electrons. The van der Waals surface area contributed by atoms with Gasteiger partial charge in [0.25, 0.3) is 0 Å². The maximum Gasteiger partial charge on any atom is 0.245 e. The highest BCUT2D eigenvalue weighted by Crippen LogP contribution is 2.46. The van der Waals surface area contributed by atoms with Crippen molar-refractivity contribution in [1.29, 1.82) is 0 Å². The predicted octanol–water partition coefficient (Wildman–Crippen LogP) is 3.20. The van der Waals surface area contributed by atoms with Gasteiger partial charge in [-0.25, -0.2) is 9.97 Å². The minimum absolute atomic E-state index is 0.0622. The molecule has 0 radical (unpaired) electrons. The number of fused-ring (bicyclic) bond motifs is 3. The number of pyridine rings is 2. The summed E-state index contributed by atoms with van der Waals surface area (Å²) < 4.78 is 0. The summed E-state index contributed by atoms with van der Waals surface area (Å²) in [5.74, 6) is 0.510. The van der Waals surface area contributed by atoms with Gasteiger partial charge in [-0.3, -0.25) is 14.4 Å². The fraction of sp³-hybridized carbons (Fsp3) is 0.367. The molecule has 1 aliphatic heterocycles. The van der Waals surface area contributed by atoms with Crippen LogP contribution in [0.2, 0.25) is 0 Å². The molecule has 1 atom stereocenters. The Bertz CT molecular complexity index is 1450. The van der Waals surface area contributed by atoms with Gasteiger partial charge in [-0.2, -0.15) is 0 Å². The molecule has 1 aliphatic carbocycles. The van der Waals surface area contributed by atoms with E-state index in [-0.39, 0.29) is 24.3 Å². The molecule has 2 aliphatic rings. The van der Waals surface area contributed by atoms with Crippen molar-refractivity contribution in [3.63, 3.8) is 0 Å². The Balaban J connectivity index is 1.32. The first-order valence-electron chi connectivity index (χ1n) is 13.2. The van der Waals surface area contributed by atoms with Crippen LogP contribution in [0.3, 0.4) is 0 Å². The third-order valence-electron chi connectivity index (χ3n) is 7.43. The molecule has 3 heterocycles. The summed E-state index contributed by atoms with van der Waals surface area (Å²) in [4.78, 5) is 49.9. The first-order valence-corrected chi connectivity index (χ1v) is 13.2. The number of nitrogens with zero attached hydrogens (tertiary/aromatic N) is 3. The van der Waals surface area contributed by atoms with E-state index in [1.807, 2.05) is 70.3 Å². The van der Waals surface area contributed by atoms with Crippen LogP contribution in [-0.4, -0.2) is 46.2 Å². The zero-order valence-electron chi connectivity index (χ0n) is 22.8. The molecule has 1 spiro atoms. The van der Waals surface area contributed by atoms with Crippen LogP contribution in [0, 0.1) is 5.41 Å². The van der Waals surface area contributed by atoms with Crippen molar-refractivity contribution in [2.24, 2.45) is 5.41 Å². The average molecular weight is 527 g/mol. The topological polar surface area (TPSA) is 116 Å². The number of carbonyl (C=O) groups excluding carboxylic acids is 3. The molecule has 5 rings (SSSR count). The van der Waals surface area contributed by atoms with E-state index in [0.29, 0.717) is 37.6 Å². The quantitative estimate of drug-likeness (QED) is 0.436. The van der Waals surface area contributed by atoms with Gasteiger partial charge < -0.3 is 20.9 Å². The Kier molecular flexibility index (Phi) is 6.94. The Labute approximate surface area is 228 Å². The molecule has 0 saturated carbocycles. The highest BCUT2D eigenvalue weighted by atomic mass is 16.2. The fourth-order valence-electron chi connectivity index (χ4n) is 5.53. The van der Waals surface area contributed by atoms with Gasteiger partial charge >= 0.3 is 0 Å². The third-order valence-corrected chi connectivity index (χ3v) is 7.43. The number of hydrogen-bond acceptors (Lipinski definition) is 6. The number of anilines is 2. The molecule has 0 fully saturated rings. The van der Waals surface area contributed by atoms with Crippen molar-refractivity contribution in [3.8, 4) is 0 Å². The summed E-state index contributed by atoms with van der Waals surface area (Å²) in [6.07, 6.45) is 4.44. The van der Waals surface area contributed by atoms with Crippen molar-refractivity contribution in [2.75, 3.05) is 24.2 Å². The lowest BCUT2D eigenvalue weighted by Crippen LogP contribution is -2.43. The van der Waals surface area contributed by atoms with E-state index >= 15 is 0 Å². The monoisotopic (exact) mass is 526 g/mol. The van der Waals surface area contributed by atoms with Gasteiger partial charge in [0, 0.05) is 36.5 Å². The van der Waals surface area contributed by atoms with Crippen LogP contribution < -0.4 is 16.0 Å². The van der Waals surface area contributed by atoms with Crippen molar-refractivity contribution in [1.82, 2.24) is 20.2 Å². The maximum atomic E-state index is 13.3. The molecule has 0 bridgehead atoms. The molecule has 9 heteroatoms. The van der Waals surface area contributed by atoms with Crippen LogP contribution in [0.4, 0.5) is 11.6 Å². The molecule has 1 unspecified atom stereocenters. The van der Waals surface area contributed by atoms with Gasteiger partial charge in [0.1, 0.15) is 18.2 Å². The van der Waals surface area contributed by atoms with Gasteiger partial charge in [0.2, 0.25) is 17.7 Å². The first-order chi connectivity index (χ1) is 18.6. The number of carbonyl (C=O) groups is 3. The molecule has 0 saturated heterocycles. The van der Waals surface area contributed by atoms with Gasteiger partial charge in [0.15, 0.2) is 0 Å². The van der Waals surface area contributed by atoms with Gasteiger partial charge in [-0.05, 0) is 54.3 Å². The van der Waals surface area contributed by atoms with Crippen molar-refractivity contribution < 1.29 is 14.4 Å². The summed E-state index contributed by atoms with van der Waals surface area (Å²) in [5, 5.41) is 8.94. The smallest absolute Gasteiger partial charge is 0.245 e. The number of nitrogens with one attached hydrogen (secondary N) is 3. The van der Waals surface area contributed by atoms with Crippen molar-refractivity contribution in [3.05, 3.63) is 82.7 Å². The van der Waals surface area contributed by atoms with Crippen LogP contribution in [0.25, 0.3) is 0 Å². The Morgan fingerprint density at radius 1 is 1.05 bits per heavy atom. The highest BCUT2D eigenvalue weighted by molar-refractivity contribution is 6.06. The summed E-state index contributed by atoms with van der Waals surface area (Å²) >= 11 is 0.